The maximum Gasteiger partial charge on any atom is 0.251 e. The van der Waals surface area contributed by atoms with E-state index in [-0.39, 0.29) is 5.91 Å². The number of nitrogens with zero attached hydrogens (tertiary/aromatic N) is 1. The average molecular weight is 230 g/mol. The molecule has 0 radical (unpaired) electrons. The number of carbonyl (C=O) groups excluding carboxylic acids is 1. The van der Waals surface area contributed by atoms with Crippen molar-refractivity contribution < 1.29 is 4.79 Å². The minimum atomic E-state index is -0.0786. The number of imidazole rings is 1. The summed E-state index contributed by atoms with van der Waals surface area (Å²) in [4.78, 5) is 18.3. The van der Waals surface area contributed by atoms with Crippen molar-refractivity contribution in [3.63, 3.8) is 0 Å². The van der Waals surface area contributed by atoms with Crippen molar-refractivity contribution in [3.05, 3.63) is 48.0 Å². The van der Waals surface area contributed by atoms with Gasteiger partial charge in [0.2, 0.25) is 0 Å². The van der Waals surface area contributed by atoms with Gasteiger partial charge in [0.05, 0.1) is 18.6 Å². The monoisotopic (exact) mass is 230 g/mol. The predicted molar refractivity (Wildman–Crippen MR) is 65.7 cm³/mol. The van der Waals surface area contributed by atoms with Gasteiger partial charge < -0.3 is 15.6 Å². The zero-order chi connectivity index (χ0) is 12.1. The van der Waals surface area contributed by atoms with Gasteiger partial charge in [0, 0.05) is 24.5 Å². The highest BCUT2D eigenvalue weighted by molar-refractivity contribution is 5.94. The van der Waals surface area contributed by atoms with Gasteiger partial charge in [-0.15, -0.1) is 0 Å². The molecule has 2 rings (SSSR count). The van der Waals surface area contributed by atoms with Crippen LogP contribution in [0.5, 0.6) is 0 Å². The molecule has 0 unspecified atom stereocenters. The van der Waals surface area contributed by atoms with E-state index >= 15 is 0 Å². The first-order valence-corrected chi connectivity index (χ1v) is 5.33. The highest BCUT2D eigenvalue weighted by atomic mass is 16.1. The Labute approximate surface area is 99.3 Å². The lowest BCUT2D eigenvalue weighted by Crippen LogP contribution is -2.17. The van der Waals surface area contributed by atoms with Gasteiger partial charge >= 0.3 is 0 Å². The summed E-state index contributed by atoms with van der Waals surface area (Å²) in [5.74, 6) is -0.0786. The topological polar surface area (TPSA) is 69.8 Å². The molecule has 0 aliphatic carbocycles. The second-order valence-electron chi connectivity index (χ2n) is 3.59. The molecule has 1 amide bonds. The first-order valence-electron chi connectivity index (χ1n) is 5.33. The fourth-order valence-electron chi connectivity index (χ4n) is 1.46. The Morgan fingerprint density at radius 1 is 1.35 bits per heavy atom. The number of carbonyl (C=O) groups is 1. The van der Waals surface area contributed by atoms with Crippen molar-refractivity contribution in [2.24, 2.45) is 0 Å². The summed E-state index contributed by atoms with van der Waals surface area (Å²) in [6.45, 7) is 0.680. The lowest BCUT2D eigenvalue weighted by molar-refractivity contribution is 0.0963. The quantitative estimate of drug-likeness (QED) is 0.743. The largest absolute Gasteiger partial charge is 0.379 e. The summed E-state index contributed by atoms with van der Waals surface area (Å²) in [6, 6.07) is 7.32. The molecule has 2 aromatic rings. The number of hydrogen-bond acceptors (Lipinski definition) is 3. The lowest BCUT2D eigenvalue weighted by atomic mass is 10.2. The summed E-state index contributed by atoms with van der Waals surface area (Å²) >= 11 is 0. The number of H-pyrrole nitrogens is 1. The van der Waals surface area contributed by atoms with E-state index in [1.165, 1.54) is 0 Å². The Kier molecular flexibility index (Phi) is 3.40. The molecule has 0 spiro atoms. The van der Waals surface area contributed by atoms with Crippen molar-refractivity contribution in [1.29, 1.82) is 0 Å². The molecule has 0 fully saturated rings. The molecular formula is C12H14N4O. The smallest absolute Gasteiger partial charge is 0.251 e. The van der Waals surface area contributed by atoms with E-state index in [9.17, 15) is 4.79 Å². The molecular weight excluding hydrogens is 216 g/mol. The molecule has 1 aromatic heterocycles. The van der Waals surface area contributed by atoms with Crippen molar-refractivity contribution in [1.82, 2.24) is 15.3 Å². The minimum absolute atomic E-state index is 0.0786. The number of hydrogen-bond donors (Lipinski definition) is 3. The Hall–Kier alpha value is -2.30. The summed E-state index contributed by atoms with van der Waals surface area (Å²) in [7, 11) is 1.62. The number of nitrogens with one attached hydrogen (secondary N) is 3. The van der Waals surface area contributed by atoms with Crippen LogP contribution in [0.4, 0.5) is 5.69 Å². The standard InChI is InChI=1S/C12H14N4O/c1-13-12(17)9-2-4-10(5-3-9)15-7-11-6-14-8-16-11/h2-6,8,15H,7H2,1H3,(H,13,17)(H,14,16). The third-order valence-corrected chi connectivity index (χ3v) is 2.41. The Bertz CT molecular complexity index is 476. The number of benzene rings is 1. The van der Waals surface area contributed by atoms with Gasteiger partial charge in [-0.25, -0.2) is 4.98 Å². The van der Waals surface area contributed by atoms with Gasteiger partial charge in [0.1, 0.15) is 0 Å². The summed E-state index contributed by atoms with van der Waals surface area (Å²) in [6.07, 6.45) is 3.41. The van der Waals surface area contributed by atoms with E-state index in [1.54, 1.807) is 31.7 Å². The van der Waals surface area contributed by atoms with Gasteiger partial charge in [0.25, 0.3) is 5.91 Å². The van der Waals surface area contributed by atoms with Gasteiger partial charge in [-0.2, -0.15) is 0 Å². The first-order chi connectivity index (χ1) is 8.29. The molecule has 3 N–H and O–H groups in total. The molecule has 17 heavy (non-hydrogen) atoms. The van der Waals surface area contributed by atoms with Gasteiger partial charge in [0.15, 0.2) is 0 Å². The zero-order valence-corrected chi connectivity index (χ0v) is 9.53. The van der Waals surface area contributed by atoms with E-state index in [1.807, 2.05) is 12.1 Å². The number of anilines is 1. The van der Waals surface area contributed by atoms with Crippen LogP contribution in [0, 0.1) is 0 Å². The van der Waals surface area contributed by atoms with Gasteiger partial charge in [-0.3, -0.25) is 4.79 Å². The number of aromatic nitrogens is 2. The van der Waals surface area contributed by atoms with Crippen LogP contribution in [-0.4, -0.2) is 22.9 Å². The molecule has 0 saturated carbocycles. The Balaban J connectivity index is 1.96. The van der Waals surface area contributed by atoms with Crippen molar-refractivity contribution in [2.45, 2.75) is 6.54 Å². The van der Waals surface area contributed by atoms with Crippen LogP contribution in [0.3, 0.4) is 0 Å². The number of rotatable bonds is 4. The molecule has 1 heterocycles. The normalized spacial score (nSPS) is 9.94. The lowest BCUT2D eigenvalue weighted by Gasteiger charge is -2.05. The third-order valence-electron chi connectivity index (χ3n) is 2.41. The third kappa shape index (κ3) is 2.84. The SMILES string of the molecule is CNC(=O)c1ccc(NCc2cnc[nH]2)cc1. The van der Waals surface area contributed by atoms with E-state index < -0.39 is 0 Å². The summed E-state index contributed by atoms with van der Waals surface area (Å²) in [5.41, 5.74) is 2.63. The van der Waals surface area contributed by atoms with Crippen LogP contribution < -0.4 is 10.6 Å². The molecule has 0 atom stereocenters. The first kappa shape index (κ1) is 11.2. The molecule has 88 valence electrons. The molecule has 0 aliphatic heterocycles. The fraction of sp³-hybridized carbons (Fsp3) is 0.167. The molecule has 5 heteroatoms. The molecule has 0 bridgehead atoms. The van der Waals surface area contributed by atoms with Gasteiger partial charge in [-0.05, 0) is 24.3 Å². The van der Waals surface area contributed by atoms with E-state index in [2.05, 4.69) is 20.6 Å². The predicted octanol–water partition coefficient (Wildman–Crippen LogP) is 1.38. The van der Waals surface area contributed by atoms with Crippen LogP contribution in [-0.2, 0) is 6.54 Å². The maximum absolute atomic E-state index is 11.3. The van der Waals surface area contributed by atoms with Crippen LogP contribution in [0.2, 0.25) is 0 Å². The summed E-state index contributed by atoms with van der Waals surface area (Å²) in [5, 5.41) is 5.81. The van der Waals surface area contributed by atoms with Crippen LogP contribution in [0.1, 0.15) is 16.1 Å². The number of aromatic amines is 1. The number of amides is 1. The Morgan fingerprint density at radius 3 is 2.71 bits per heavy atom. The van der Waals surface area contributed by atoms with E-state index in [0.717, 1.165) is 11.4 Å². The van der Waals surface area contributed by atoms with Crippen molar-refractivity contribution >= 4 is 11.6 Å². The van der Waals surface area contributed by atoms with Crippen LogP contribution in [0.25, 0.3) is 0 Å². The van der Waals surface area contributed by atoms with Gasteiger partial charge in [-0.1, -0.05) is 0 Å². The minimum Gasteiger partial charge on any atom is -0.379 e. The van der Waals surface area contributed by atoms with Crippen LogP contribution in [0.15, 0.2) is 36.8 Å². The molecule has 5 nitrogen and oxygen atoms in total. The Morgan fingerprint density at radius 2 is 2.12 bits per heavy atom. The average Bonchev–Trinajstić information content (AvgIpc) is 2.89. The second kappa shape index (κ2) is 5.16. The maximum atomic E-state index is 11.3. The van der Waals surface area contributed by atoms with E-state index in [0.29, 0.717) is 12.1 Å². The second-order valence-corrected chi connectivity index (χ2v) is 3.59. The van der Waals surface area contributed by atoms with Crippen molar-refractivity contribution in [2.75, 3.05) is 12.4 Å². The van der Waals surface area contributed by atoms with Crippen molar-refractivity contribution in [3.8, 4) is 0 Å². The van der Waals surface area contributed by atoms with Crippen LogP contribution >= 0.6 is 0 Å². The molecule has 0 saturated heterocycles. The summed E-state index contributed by atoms with van der Waals surface area (Å²) < 4.78 is 0. The fourth-order valence-corrected chi connectivity index (χ4v) is 1.46. The molecule has 0 aliphatic rings. The zero-order valence-electron chi connectivity index (χ0n) is 9.53. The highest BCUT2D eigenvalue weighted by Gasteiger charge is 2.02. The highest BCUT2D eigenvalue weighted by Crippen LogP contribution is 2.10. The molecule has 1 aromatic carbocycles. The van der Waals surface area contributed by atoms with E-state index in [4.69, 9.17) is 0 Å².